The van der Waals surface area contributed by atoms with Gasteiger partial charge in [0, 0.05) is 15.8 Å². The third kappa shape index (κ3) is 3.82. The first kappa shape index (κ1) is 15.1. The molecule has 108 valence electrons. The molecule has 1 aliphatic rings. The predicted octanol–water partition coefficient (Wildman–Crippen LogP) is 5.28. The third-order valence-electron chi connectivity index (χ3n) is 4.22. The summed E-state index contributed by atoms with van der Waals surface area (Å²) in [4.78, 5) is 3.07. The second-order valence-corrected chi connectivity index (χ2v) is 8.00. The van der Waals surface area contributed by atoms with Gasteiger partial charge in [0.05, 0.1) is 0 Å². The van der Waals surface area contributed by atoms with Gasteiger partial charge in [0.1, 0.15) is 0 Å². The molecule has 1 aromatic heterocycles. The Morgan fingerprint density at radius 1 is 1.21 bits per heavy atom. The first-order valence-corrected chi connectivity index (χ1v) is 8.67. The summed E-state index contributed by atoms with van der Waals surface area (Å²) in [5.74, 6) is 0.847. The molecular weight excluding hydrogens is 250 g/mol. The largest absolute Gasteiger partial charge is 0.309 e. The molecule has 0 aromatic carbocycles. The molecule has 1 saturated carbocycles. The van der Waals surface area contributed by atoms with Crippen LogP contribution in [0.1, 0.15) is 75.6 Å². The Balaban J connectivity index is 2.16. The van der Waals surface area contributed by atoms with E-state index in [1.165, 1.54) is 37.0 Å². The number of hydrogen-bond donors (Lipinski definition) is 1. The van der Waals surface area contributed by atoms with E-state index in [1.807, 2.05) is 11.3 Å². The van der Waals surface area contributed by atoms with Crippen LogP contribution in [0, 0.1) is 5.92 Å². The number of nitrogens with one attached hydrogen (secondary N) is 1. The quantitative estimate of drug-likeness (QED) is 0.791. The highest BCUT2D eigenvalue weighted by Crippen LogP contribution is 2.39. The van der Waals surface area contributed by atoms with Crippen LogP contribution in [0.4, 0.5) is 0 Å². The lowest BCUT2D eigenvalue weighted by Crippen LogP contribution is -2.28. The van der Waals surface area contributed by atoms with E-state index in [2.05, 4.69) is 45.1 Å². The molecule has 1 heterocycles. The molecule has 2 heteroatoms. The van der Waals surface area contributed by atoms with Gasteiger partial charge in [-0.1, -0.05) is 47.0 Å². The van der Waals surface area contributed by atoms with Crippen LogP contribution in [0.2, 0.25) is 0 Å². The maximum Gasteiger partial charge on any atom is 0.0443 e. The van der Waals surface area contributed by atoms with Gasteiger partial charge in [0.2, 0.25) is 0 Å². The number of thiophene rings is 1. The molecule has 0 amide bonds. The van der Waals surface area contributed by atoms with E-state index in [0.717, 1.165) is 12.5 Å². The Hall–Kier alpha value is -0.340. The SMILES string of the molecule is CCNC(c1ccc(C(C)(C)C)s1)C1CCCCC1. The molecule has 19 heavy (non-hydrogen) atoms. The average molecular weight is 279 g/mol. The lowest BCUT2D eigenvalue weighted by atomic mass is 9.83. The summed E-state index contributed by atoms with van der Waals surface area (Å²) in [6, 6.07) is 5.30. The van der Waals surface area contributed by atoms with E-state index in [-0.39, 0.29) is 5.41 Å². The zero-order chi connectivity index (χ0) is 13.9. The second kappa shape index (κ2) is 6.41. The molecule has 0 radical (unpaired) electrons. The van der Waals surface area contributed by atoms with Crippen LogP contribution < -0.4 is 5.32 Å². The van der Waals surface area contributed by atoms with Crippen LogP contribution in [-0.4, -0.2) is 6.54 Å². The van der Waals surface area contributed by atoms with Gasteiger partial charge in [-0.05, 0) is 42.9 Å². The maximum absolute atomic E-state index is 3.74. The summed E-state index contributed by atoms with van der Waals surface area (Å²) >= 11 is 2.02. The van der Waals surface area contributed by atoms with Gasteiger partial charge in [0.25, 0.3) is 0 Å². The number of rotatable bonds is 4. The van der Waals surface area contributed by atoms with Crippen molar-refractivity contribution in [3.05, 3.63) is 21.9 Å². The van der Waals surface area contributed by atoms with Crippen LogP contribution in [0.3, 0.4) is 0 Å². The molecule has 1 N–H and O–H groups in total. The van der Waals surface area contributed by atoms with Gasteiger partial charge in [-0.15, -0.1) is 11.3 Å². The van der Waals surface area contributed by atoms with E-state index in [1.54, 1.807) is 4.88 Å². The third-order valence-corrected chi connectivity index (χ3v) is 5.81. The minimum atomic E-state index is 0.284. The highest BCUT2D eigenvalue weighted by atomic mass is 32.1. The average Bonchev–Trinajstić information content (AvgIpc) is 2.86. The molecule has 0 bridgehead atoms. The Morgan fingerprint density at radius 2 is 1.89 bits per heavy atom. The van der Waals surface area contributed by atoms with Crippen molar-refractivity contribution in [3.8, 4) is 0 Å². The normalized spacial score (nSPS) is 19.6. The summed E-state index contributed by atoms with van der Waals surface area (Å²) in [7, 11) is 0. The minimum absolute atomic E-state index is 0.284. The summed E-state index contributed by atoms with van der Waals surface area (Å²) in [5, 5.41) is 3.74. The van der Waals surface area contributed by atoms with Gasteiger partial charge in [-0.3, -0.25) is 0 Å². The molecule has 0 spiro atoms. The van der Waals surface area contributed by atoms with Gasteiger partial charge < -0.3 is 5.32 Å². The fourth-order valence-electron chi connectivity index (χ4n) is 3.11. The molecule has 0 aliphatic heterocycles. The van der Waals surface area contributed by atoms with Crippen molar-refractivity contribution in [3.63, 3.8) is 0 Å². The Bertz CT molecular complexity index is 382. The Morgan fingerprint density at radius 3 is 2.42 bits per heavy atom. The van der Waals surface area contributed by atoms with E-state index in [0.29, 0.717) is 6.04 Å². The molecule has 1 fully saturated rings. The van der Waals surface area contributed by atoms with Crippen LogP contribution in [0.5, 0.6) is 0 Å². The molecule has 1 aromatic rings. The van der Waals surface area contributed by atoms with E-state index in [4.69, 9.17) is 0 Å². The molecule has 1 aliphatic carbocycles. The van der Waals surface area contributed by atoms with Crippen molar-refractivity contribution >= 4 is 11.3 Å². The van der Waals surface area contributed by atoms with Gasteiger partial charge in [0.15, 0.2) is 0 Å². The highest BCUT2D eigenvalue weighted by molar-refractivity contribution is 7.12. The van der Waals surface area contributed by atoms with Crippen molar-refractivity contribution < 1.29 is 0 Å². The van der Waals surface area contributed by atoms with Crippen molar-refractivity contribution in [2.75, 3.05) is 6.54 Å². The van der Waals surface area contributed by atoms with Gasteiger partial charge in [-0.25, -0.2) is 0 Å². The smallest absolute Gasteiger partial charge is 0.0443 e. The van der Waals surface area contributed by atoms with Crippen LogP contribution in [-0.2, 0) is 5.41 Å². The van der Waals surface area contributed by atoms with Crippen molar-refractivity contribution in [1.29, 1.82) is 0 Å². The fourth-order valence-corrected chi connectivity index (χ4v) is 4.35. The first-order chi connectivity index (χ1) is 9.02. The zero-order valence-electron chi connectivity index (χ0n) is 13.0. The maximum atomic E-state index is 3.74. The first-order valence-electron chi connectivity index (χ1n) is 7.86. The van der Waals surface area contributed by atoms with E-state index >= 15 is 0 Å². The van der Waals surface area contributed by atoms with Gasteiger partial charge in [-0.2, -0.15) is 0 Å². The topological polar surface area (TPSA) is 12.0 Å². The van der Waals surface area contributed by atoms with Crippen molar-refractivity contribution in [2.45, 2.75) is 71.3 Å². The fraction of sp³-hybridized carbons (Fsp3) is 0.765. The van der Waals surface area contributed by atoms with Gasteiger partial charge >= 0.3 is 0 Å². The standard InChI is InChI=1S/C17H29NS/c1-5-18-16(13-9-7-6-8-10-13)14-11-12-15(19-14)17(2,3)4/h11-13,16,18H,5-10H2,1-4H3. The zero-order valence-corrected chi connectivity index (χ0v) is 13.8. The molecular formula is C17H29NS. The van der Waals surface area contributed by atoms with Crippen LogP contribution in [0.25, 0.3) is 0 Å². The molecule has 1 atom stereocenters. The number of hydrogen-bond acceptors (Lipinski definition) is 2. The van der Waals surface area contributed by atoms with Crippen molar-refractivity contribution in [2.24, 2.45) is 5.92 Å². The molecule has 1 nitrogen and oxygen atoms in total. The lowest BCUT2D eigenvalue weighted by Gasteiger charge is -2.30. The van der Waals surface area contributed by atoms with E-state index < -0.39 is 0 Å². The monoisotopic (exact) mass is 279 g/mol. The summed E-state index contributed by atoms with van der Waals surface area (Å²) in [5.41, 5.74) is 0.284. The Labute approximate surface area is 122 Å². The second-order valence-electron chi connectivity index (χ2n) is 6.89. The van der Waals surface area contributed by atoms with E-state index in [9.17, 15) is 0 Å². The predicted molar refractivity (Wildman–Crippen MR) is 86.0 cm³/mol. The molecule has 0 saturated heterocycles. The molecule has 2 rings (SSSR count). The minimum Gasteiger partial charge on any atom is -0.309 e. The molecule has 1 unspecified atom stereocenters. The van der Waals surface area contributed by atoms with Crippen LogP contribution >= 0.6 is 11.3 Å². The highest BCUT2D eigenvalue weighted by Gasteiger charge is 2.26. The Kier molecular flexibility index (Phi) is 5.08. The lowest BCUT2D eigenvalue weighted by molar-refractivity contribution is 0.277. The summed E-state index contributed by atoms with van der Waals surface area (Å²) < 4.78 is 0. The van der Waals surface area contributed by atoms with Crippen LogP contribution in [0.15, 0.2) is 12.1 Å². The van der Waals surface area contributed by atoms with Crippen molar-refractivity contribution in [1.82, 2.24) is 5.32 Å². The summed E-state index contributed by atoms with van der Waals surface area (Å²) in [6.07, 6.45) is 7.09. The summed E-state index contributed by atoms with van der Waals surface area (Å²) in [6.45, 7) is 10.2.